The lowest BCUT2D eigenvalue weighted by Gasteiger charge is -2.26. The molecule has 0 saturated heterocycles. The minimum Gasteiger partial charge on any atom is -0.476 e. The summed E-state index contributed by atoms with van der Waals surface area (Å²) in [4.78, 5) is 12.0. The van der Waals surface area contributed by atoms with Crippen molar-refractivity contribution in [3.8, 4) is 5.75 Å². The van der Waals surface area contributed by atoms with Crippen molar-refractivity contribution in [2.24, 2.45) is 0 Å². The zero-order valence-electron chi connectivity index (χ0n) is 14.2. The Morgan fingerprint density at radius 1 is 1.27 bits per heavy atom. The number of aliphatic hydroxyl groups excluding tert-OH is 1. The van der Waals surface area contributed by atoms with Crippen molar-refractivity contribution in [3.63, 3.8) is 0 Å². The first-order chi connectivity index (χ1) is 10.3. The summed E-state index contributed by atoms with van der Waals surface area (Å²) >= 11 is 0. The van der Waals surface area contributed by atoms with Gasteiger partial charge in [0.2, 0.25) is 0 Å². The number of esters is 1. The number of carbonyl (C=O) groups is 1. The summed E-state index contributed by atoms with van der Waals surface area (Å²) in [5.41, 5.74) is 2.03. The van der Waals surface area contributed by atoms with E-state index >= 15 is 0 Å². The largest absolute Gasteiger partial charge is 0.476 e. The van der Waals surface area contributed by atoms with Crippen LogP contribution < -0.4 is 10.1 Å². The third kappa shape index (κ3) is 5.00. The SMILES string of the molecule is CCOC(=O)C(C)(C)Oc1c(C)cc(CNCCO)cc1C. The molecule has 0 heterocycles. The fraction of sp³-hybridized carbons (Fsp3) is 0.588. The molecule has 0 aromatic heterocycles. The maximum absolute atomic E-state index is 12.0. The van der Waals surface area contributed by atoms with Crippen molar-refractivity contribution in [1.29, 1.82) is 0 Å². The van der Waals surface area contributed by atoms with Crippen molar-refractivity contribution in [2.75, 3.05) is 19.8 Å². The van der Waals surface area contributed by atoms with Crippen molar-refractivity contribution >= 4 is 5.97 Å². The third-order valence-corrected chi connectivity index (χ3v) is 3.26. The smallest absolute Gasteiger partial charge is 0.349 e. The predicted octanol–water partition coefficient (Wildman–Crippen LogP) is 2.11. The van der Waals surface area contributed by atoms with Gasteiger partial charge in [-0.1, -0.05) is 12.1 Å². The molecule has 0 unspecified atom stereocenters. The van der Waals surface area contributed by atoms with Gasteiger partial charge in [-0.2, -0.15) is 0 Å². The zero-order chi connectivity index (χ0) is 16.8. The van der Waals surface area contributed by atoms with E-state index < -0.39 is 5.60 Å². The highest BCUT2D eigenvalue weighted by atomic mass is 16.6. The number of carbonyl (C=O) groups excluding carboxylic acids is 1. The first-order valence-corrected chi connectivity index (χ1v) is 7.59. The maximum atomic E-state index is 12.0. The highest BCUT2D eigenvalue weighted by molar-refractivity contribution is 5.79. The molecule has 0 fully saturated rings. The van der Waals surface area contributed by atoms with Crippen LogP contribution in [0.1, 0.15) is 37.5 Å². The van der Waals surface area contributed by atoms with E-state index in [2.05, 4.69) is 5.32 Å². The minimum absolute atomic E-state index is 0.118. The quantitative estimate of drug-likeness (QED) is 0.568. The second kappa shape index (κ2) is 8.15. The molecule has 0 aliphatic carbocycles. The third-order valence-electron chi connectivity index (χ3n) is 3.26. The molecule has 0 aliphatic heterocycles. The van der Waals surface area contributed by atoms with Gasteiger partial charge in [0.05, 0.1) is 13.2 Å². The van der Waals surface area contributed by atoms with E-state index in [-0.39, 0.29) is 12.6 Å². The summed E-state index contributed by atoms with van der Waals surface area (Å²) in [6.45, 7) is 10.8. The fourth-order valence-corrected chi connectivity index (χ4v) is 2.22. The van der Waals surface area contributed by atoms with E-state index in [0.29, 0.717) is 25.4 Å². The number of benzene rings is 1. The normalized spacial score (nSPS) is 11.4. The number of nitrogens with one attached hydrogen (secondary N) is 1. The van der Waals surface area contributed by atoms with Gasteiger partial charge in [-0.3, -0.25) is 0 Å². The molecule has 2 N–H and O–H groups in total. The summed E-state index contributed by atoms with van der Waals surface area (Å²) in [6, 6.07) is 4.04. The average Bonchev–Trinajstić information content (AvgIpc) is 2.43. The van der Waals surface area contributed by atoms with E-state index in [0.717, 1.165) is 16.7 Å². The summed E-state index contributed by atoms with van der Waals surface area (Å²) < 4.78 is 11.0. The Morgan fingerprint density at radius 2 is 1.86 bits per heavy atom. The molecule has 5 heteroatoms. The minimum atomic E-state index is -1.03. The van der Waals surface area contributed by atoms with Gasteiger partial charge in [-0.05, 0) is 51.3 Å². The van der Waals surface area contributed by atoms with Gasteiger partial charge in [0, 0.05) is 13.1 Å². The van der Waals surface area contributed by atoms with E-state index in [1.807, 2.05) is 26.0 Å². The first-order valence-electron chi connectivity index (χ1n) is 7.59. The van der Waals surface area contributed by atoms with E-state index in [4.69, 9.17) is 14.6 Å². The molecule has 0 radical (unpaired) electrons. The van der Waals surface area contributed by atoms with Crippen LogP contribution in [-0.2, 0) is 16.1 Å². The highest BCUT2D eigenvalue weighted by Crippen LogP contribution is 2.29. The van der Waals surface area contributed by atoms with Crippen LogP contribution >= 0.6 is 0 Å². The van der Waals surface area contributed by atoms with Crippen molar-refractivity contribution in [1.82, 2.24) is 5.32 Å². The Morgan fingerprint density at radius 3 is 2.36 bits per heavy atom. The molecule has 0 aliphatic rings. The van der Waals surface area contributed by atoms with Crippen LogP contribution in [0.5, 0.6) is 5.75 Å². The molecule has 1 aromatic carbocycles. The second-order valence-electron chi connectivity index (χ2n) is 5.79. The summed E-state index contributed by atoms with van der Waals surface area (Å²) in [7, 11) is 0. The lowest BCUT2D eigenvalue weighted by molar-refractivity contribution is -0.158. The van der Waals surface area contributed by atoms with Crippen LogP contribution in [0.4, 0.5) is 0 Å². The van der Waals surface area contributed by atoms with Gasteiger partial charge in [0.1, 0.15) is 5.75 Å². The van der Waals surface area contributed by atoms with Crippen molar-refractivity contribution in [3.05, 3.63) is 28.8 Å². The molecule has 1 aromatic rings. The Kier molecular flexibility index (Phi) is 6.84. The number of aryl methyl sites for hydroxylation is 2. The van der Waals surface area contributed by atoms with Crippen molar-refractivity contribution < 1.29 is 19.4 Å². The van der Waals surface area contributed by atoms with Gasteiger partial charge in [0.15, 0.2) is 5.60 Å². The van der Waals surface area contributed by atoms with Crippen LogP contribution in [0.25, 0.3) is 0 Å². The Bertz CT molecular complexity index is 488. The highest BCUT2D eigenvalue weighted by Gasteiger charge is 2.32. The topological polar surface area (TPSA) is 67.8 Å². The fourth-order valence-electron chi connectivity index (χ4n) is 2.22. The standard InChI is InChI=1S/C17H27NO4/c1-6-21-16(20)17(4,5)22-15-12(2)9-14(10-13(15)3)11-18-7-8-19/h9-10,18-19H,6-8,11H2,1-5H3. The Balaban J connectivity index is 2.90. The van der Waals surface area contributed by atoms with Crippen LogP contribution in [0.15, 0.2) is 12.1 Å². The van der Waals surface area contributed by atoms with Crippen LogP contribution in [0.2, 0.25) is 0 Å². The lowest BCUT2D eigenvalue weighted by atomic mass is 10.0. The summed E-state index contributed by atoms with van der Waals surface area (Å²) in [5.74, 6) is 0.339. The molecule has 124 valence electrons. The van der Waals surface area contributed by atoms with Crippen LogP contribution in [-0.4, -0.2) is 36.4 Å². The summed E-state index contributed by atoms with van der Waals surface area (Å²) in [6.07, 6.45) is 0. The predicted molar refractivity (Wildman–Crippen MR) is 86.0 cm³/mol. The Labute approximate surface area is 132 Å². The van der Waals surface area contributed by atoms with Gasteiger partial charge < -0.3 is 19.9 Å². The molecule has 5 nitrogen and oxygen atoms in total. The molecule has 0 amide bonds. The first kappa shape index (κ1) is 18.5. The van der Waals surface area contributed by atoms with Crippen LogP contribution in [0.3, 0.4) is 0 Å². The maximum Gasteiger partial charge on any atom is 0.349 e. The van der Waals surface area contributed by atoms with Gasteiger partial charge in [0.25, 0.3) is 0 Å². The summed E-state index contributed by atoms with van der Waals surface area (Å²) in [5, 5.41) is 11.9. The number of rotatable bonds is 8. The molecule has 0 spiro atoms. The van der Waals surface area contributed by atoms with Gasteiger partial charge in [-0.25, -0.2) is 4.79 Å². The number of ether oxygens (including phenoxy) is 2. The monoisotopic (exact) mass is 309 g/mol. The van der Waals surface area contributed by atoms with Crippen molar-refractivity contribution in [2.45, 2.75) is 46.8 Å². The van der Waals surface area contributed by atoms with E-state index in [9.17, 15) is 4.79 Å². The Hall–Kier alpha value is -1.59. The van der Waals surface area contributed by atoms with Gasteiger partial charge in [-0.15, -0.1) is 0 Å². The molecule has 1 rings (SSSR count). The molecular weight excluding hydrogens is 282 g/mol. The average molecular weight is 309 g/mol. The molecule has 22 heavy (non-hydrogen) atoms. The number of aliphatic hydroxyl groups is 1. The molecule has 0 atom stereocenters. The molecular formula is C17H27NO4. The van der Waals surface area contributed by atoms with E-state index in [1.54, 1.807) is 20.8 Å². The number of hydrogen-bond acceptors (Lipinski definition) is 5. The number of hydrogen-bond donors (Lipinski definition) is 2. The second-order valence-corrected chi connectivity index (χ2v) is 5.79. The zero-order valence-corrected chi connectivity index (χ0v) is 14.2. The lowest BCUT2D eigenvalue weighted by Crippen LogP contribution is -2.40. The molecule has 0 saturated carbocycles. The van der Waals surface area contributed by atoms with Gasteiger partial charge >= 0.3 is 5.97 Å². The van der Waals surface area contributed by atoms with Crippen LogP contribution in [0, 0.1) is 13.8 Å². The molecule has 0 bridgehead atoms. The van der Waals surface area contributed by atoms with E-state index in [1.165, 1.54) is 0 Å².